The maximum Gasteiger partial charge on any atom is 0.170 e. The standard InChI is InChI=1S/C16H26FN3/c1-5-13-7-6-10-20(13)15-14(17)12(8-9-18-15)11-19-16(2,3)4/h8-9,13,19H,5-7,10-11H2,1-4H3. The lowest BCUT2D eigenvalue weighted by atomic mass is 10.1. The normalized spacial score (nSPS) is 19.6. The highest BCUT2D eigenvalue weighted by molar-refractivity contribution is 5.45. The zero-order valence-corrected chi connectivity index (χ0v) is 13.0. The van der Waals surface area contributed by atoms with Crippen LogP contribution in [-0.2, 0) is 6.54 Å². The van der Waals surface area contributed by atoms with Gasteiger partial charge in [0.05, 0.1) is 0 Å². The second-order valence-corrected chi connectivity index (χ2v) is 6.61. The van der Waals surface area contributed by atoms with E-state index in [2.05, 4.69) is 42.9 Å². The Balaban J connectivity index is 2.19. The van der Waals surface area contributed by atoms with Gasteiger partial charge in [-0.15, -0.1) is 0 Å². The Labute approximate surface area is 121 Å². The molecule has 1 N–H and O–H groups in total. The molecular formula is C16H26FN3. The number of pyridine rings is 1. The molecule has 20 heavy (non-hydrogen) atoms. The number of halogens is 1. The minimum absolute atomic E-state index is 0.0184. The molecule has 0 saturated carbocycles. The number of hydrogen-bond donors (Lipinski definition) is 1. The van der Waals surface area contributed by atoms with Gasteiger partial charge in [-0.3, -0.25) is 0 Å². The number of aromatic nitrogens is 1. The second kappa shape index (κ2) is 6.08. The van der Waals surface area contributed by atoms with Gasteiger partial charge < -0.3 is 10.2 Å². The third kappa shape index (κ3) is 3.48. The summed E-state index contributed by atoms with van der Waals surface area (Å²) in [5.74, 6) is 0.368. The molecule has 4 heteroatoms. The van der Waals surface area contributed by atoms with Crippen LogP contribution in [0.25, 0.3) is 0 Å². The van der Waals surface area contributed by atoms with Crippen LogP contribution in [0.3, 0.4) is 0 Å². The quantitative estimate of drug-likeness (QED) is 0.914. The third-order valence-corrected chi connectivity index (χ3v) is 3.88. The van der Waals surface area contributed by atoms with Crippen molar-refractivity contribution in [2.45, 2.75) is 65.1 Å². The lowest BCUT2D eigenvalue weighted by molar-refractivity contribution is 0.418. The Bertz CT molecular complexity index is 454. The minimum atomic E-state index is -0.162. The molecule has 1 aliphatic heterocycles. The van der Waals surface area contributed by atoms with Crippen molar-refractivity contribution >= 4 is 5.82 Å². The molecule has 0 radical (unpaired) electrons. The molecule has 2 heterocycles. The van der Waals surface area contributed by atoms with E-state index in [1.807, 2.05) is 0 Å². The highest BCUT2D eigenvalue weighted by Crippen LogP contribution is 2.29. The van der Waals surface area contributed by atoms with Crippen LogP contribution in [0.5, 0.6) is 0 Å². The van der Waals surface area contributed by atoms with E-state index in [1.165, 1.54) is 0 Å². The molecule has 0 amide bonds. The van der Waals surface area contributed by atoms with Crippen molar-refractivity contribution in [3.8, 4) is 0 Å². The zero-order valence-electron chi connectivity index (χ0n) is 13.0. The summed E-state index contributed by atoms with van der Waals surface area (Å²) in [6.07, 6.45) is 5.04. The van der Waals surface area contributed by atoms with Crippen molar-refractivity contribution in [2.75, 3.05) is 11.4 Å². The first-order valence-electron chi connectivity index (χ1n) is 7.57. The molecule has 1 aromatic heterocycles. The van der Waals surface area contributed by atoms with Gasteiger partial charge in [-0.05, 0) is 46.1 Å². The highest BCUT2D eigenvalue weighted by atomic mass is 19.1. The molecule has 0 bridgehead atoms. The van der Waals surface area contributed by atoms with Crippen LogP contribution >= 0.6 is 0 Å². The minimum Gasteiger partial charge on any atom is -0.351 e. The first-order chi connectivity index (χ1) is 9.42. The summed E-state index contributed by atoms with van der Waals surface area (Å²) in [5.41, 5.74) is 0.682. The van der Waals surface area contributed by atoms with Crippen LogP contribution in [0.1, 0.15) is 52.5 Å². The lowest BCUT2D eigenvalue weighted by Crippen LogP contribution is -2.36. The topological polar surface area (TPSA) is 28.2 Å². The van der Waals surface area contributed by atoms with Gasteiger partial charge in [0.25, 0.3) is 0 Å². The van der Waals surface area contributed by atoms with Gasteiger partial charge in [0.1, 0.15) is 0 Å². The van der Waals surface area contributed by atoms with Gasteiger partial charge in [0.2, 0.25) is 0 Å². The van der Waals surface area contributed by atoms with E-state index in [0.29, 0.717) is 24.0 Å². The van der Waals surface area contributed by atoms with Crippen LogP contribution < -0.4 is 10.2 Å². The molecule has 0 spiro atoms. The molecular weight excluding hydrogens is 253 g/mol. The summed E-state index contributed by atoms with van der Waals surface area (Å²) >= 11 is 0. The number of rotatable bonds is 4. The van der Waals surface area contributed by atoms with Crippen molar-refractivity contribution in [3.63, 3.8) is 0 Å². The molecule has 0 aliphatic carbocycles. The van der Waals surface area contributed by atoms with E-state index in [4.69, 9.17) is 0 Å². The van der Waals surface area contributed by atoms with Gasteiger partial charge in [-0.1, -0.05) is 6.92 Å². The van der Waals surface area contributed by atoms with Crippen molar-refractivity contribution in [3.05, 3.63) is 23.6 Å². The second-order valence-electron chi connectivity index (χ2n) is 6.61. The fourth-order valence-electron chi connectivity index (χ4n) is 2.71. The van der Waals surface area contributed by atoms with Crippen LogP contribution in [0.2, 0.25) is 0 Å². The van der Waals surface area contributed by atoms with Gasteiger partial charge in [0.15, 0.2) is 11.6 Å². The summed E-state index contributed by atoms with van der Waals surface area (Å²) in [7, 11) is 0. The molecule has 1 unspecified atom stereocenters. The molecule has 0 aromatic carbocycles. The maximum absolute atomic E-state index is 14.7. The Hall–Kier alpha value is -1.16. The molecule has 1 saturated heterocycles. The van der Waals surface area contributed by atoms with Crippen LogP contribution in [0.4, 0.5) is 10.2 Å². The van der Waals surface area contributed by atoms with Crippen molar-refractivity contribution in [1.29, 1.82) is 0 Å². The number of anilines is 1. The van der Waals surface area contributed by atoms with Crippen molar-refractivity contribution in [2.24, 2.45) is 0 Å². The Morgan fingerprint density at radius 1 is 1.45 bits per heavy atom. The summed E-state index contributed by atoms with van der Waals surface area (Å²) in [6.45, 7) is 9.86. The molecule has 1 aliphatic rings. The molecule has 2 rings (SSSR count). The number of nitrogens with one attached hydrogen (secondary N) is 1. The monoisotopic (exact) mass is 279 g/mol. The molecule has 3 nitrogen and oxygen atoms in total. The van der Waals surface area contributed by atoms with Gasteiger partial charge in [0, 0.05) is 36.4 Å². The first-order valence-corrected chi connectivity index (χ1v) is 7.57. The Morgan fingerprint density at radius 3 is 2.85 bits per heavy atom. The average molecular weight is 279 g/mol. The number of hydrogen-bond acceptors (Lipinski definition) is 3. The smallest absolute Gasteiger partial charge is 0.170 e. The fourth-order valence-corrected chi connectivity index (χ4v) is 2.71. The van der Waals surface area contributed by atoms with E-state index >= 15 is 0 Å². The predicted molar refractivity (Wildman–Crippen MR) is 81.4 cm³/mol. The number of nitrogens with zero attached hydrogens (tertiary/aromatic N) is 2. The van der Waals surface area contributed by atoms with E-state index < -0.39 is 0 Å². The van der Waals surface area contributed by atoms with E-state index in [0.717, 1.165) is 25.8 Å². The summed E-state index contributed by atoms with van der Waals surface area (Å²) < 4.78 is 14.7. The van der Waals surface area contributed by atoms with Crippen molar-refractivity contribution in [1.82, 2.24) is 10.3 Å². The third-order valence-electron chi connectivity index (χ3n) is 3.88. The van der Waals surface area contributed by atoms with E-state index in [-0.39, 0.29) is 11.4 Å². The van der Waals surface area contributed by atoms with E-state index in [1.54, 1.807) is 12.3 Å². The highest BCUT2D eigenvalue weighted by Gasteiger charge is 2.27. The van der Waals surface area contributed by atoms with Crippen LogP contribution in [0.15, 0.2) is 12.3 Å². The summed E-state index contributed by atoms with van der Waals surface area (Å²) in [6, 6.07) is 2.21. The SMILES string of the molecule is CCC1CCCN1c1nccc(CNC(C)(C)C)c1F. The van der Waals surface area contributed by atoms with Gasteiger partial charge >= 0.3 is 0 Å². The Morgan fingerprint density at radius 2 is 2.20 bits per heavy atom. The molecule has 1 atom stereocenters. The van der Waals surface area contributed by atoms with Gasteiger partial charge in [-0.25, -0.2) is 9.37 Å². The van der Waals surface area contributed by atoms with Gasteiger partial charge in [-0.2, -0.15) is 0 Å². The van der Waals surface area contributed by atoms with Crippen molar-refractivity contribution < 1.29 is 4.39 Å². The van der Waals surface area contributed by atoms with E-state index in [9.17, 15) is 4.39 Å². The maximum atomic E-state index is 14.7. The molecule has 1 aromatic rings. The lowest BCUT2D eigenvalue weighted by Gasteiger charge is -2.26. The Kier molecular flexibility index (Phi) is 4.63. The van der Waals surface area contributed by atoms with Crippen LogP contribution in [-0.4, -0.2) is 23.1 Å². The first kappa shape index (κ1) is 15.2. The molecule has 112 valence electrons. The summed E-state index contributed by atoms with van der Waals surface area (Å²) in [5, 5.41) is 3.34. The summed E-state index contributed by atoms with van der Waals surface area (Å²) in [4.78, 5) is 6.42. The average Bonchev–Trinajstić information content (AvgIpc) is 2.84. The zero-order chi connectivity index (χ0) is 14.8. The largest absolute Gasteiger partial charge is 0.351 e. The predicted octanol–water partition coefficient (Wildman–Crippen LogP) is 3.49. The molecule has 1 fully saturated rings. The van der Waals surface area contributed by atoms with Crippen LogP contribution in [0, 0.1) is 5.82 Å². The fraction of sp³-hybridized carbons (Fsp3) is 0.688.